The number of nitrogens with zero attached hydrogens (tertiary/aromatic N) is 1. The molecular weight excluding hydrogens is 376 g/mol. The molecule has 0 unspecified atom stereocenters. The fourth-order valence-electron chi connectivity index (χ4n) is 2.95. The van der Waals surface area contributed by atoms with Crippen LogP contribution in [0, 0.1) is 0 Å². The van der Waals surface area contributed by atoms with Crippen LogP contribution in [-0.4, -0.2) is 59.0 Å². The molecule has 1 N–H and O–H groups in total. The highest BCUT2D eigenvalue weighted by Crippen LogP contribution is 2.25. The Labute approximate surface area is 169 Å². The van der Waals surface area contributed by atoms with E-state index in [-0.39, 0.29) is 18.1 Å². The Morgan fingerprint density at radius 1 is 1.03 bits per heavy atom. The molecule has 0 radical (unpaired) electrons. The van der Waals surface area contributed by atoms with E-state index in [9.17, 15) is 9.59 Å². The predicted molar refractivity (Wildman–Crippen MR) is 108 cm³/mol. The van der Waals surface area contributed by atoms with Gasteiger partial charge < -0.3 is 29.2 Å². The third-order valence-corrected chi connectivity index (χ3v) is 4.49. The number of morpholine rings is 1. The van der Waals surface area contributed by atoms with Gasteiger partial charge in [-0.2, -0.15) is 0 Å². The molecule has 1 saturated heterocycles. The second kappa shape index (κ2) is 9.79. The number of nitrogens with one attached hydrogen (secondary N) is 1. The topological polar surface area (TPSA) is 86.3 Å². The highest BCUT2D eigenvalue weighted by Gasteiger charge is 2.18. The second-order valence-corrected chi connectivity index (χ2v) is 6.33. The molecule has 29 heavy (non-hydrogen) atoms. The summed E-state index contributed by atoms with van der Waals surface area (Å²) < 4.78 is 20.8. The van der Waals surface area contributed by atoms with E-state index in [1.807, 2.05) is 6.07 Å². The molecular formula is C21H24N2O6. The molecule has 0 aromatic heterocycles. The van der Waals surface area contributed by atoms with Crippen molar-refractivity contribution >= 4 is 23.3 Å². The molecule has 0 aliphatic carbocycles. The quantitative estimate of drug-likeness (QED) is 0.714. The van der Waals surface area contributed by atoms with Gasteiger partial charge in [0.1, 0.15) is 11.5 Å². The maximum absolute atomic E-state index is 12.3. The number of hydrogen-bond donors (Lipinski definition) is 1. The summed E-state index contributed by atoms with van der Waals surface area (Å²) in [6, 6.07) is 12.2. The molecule has 8 nitrogen and oxygen atoms in total. The van der Waals surface area contributed by atoms with Crippen LogP contribution in [-0.2, 0) is 14.3 Å². The zero-order chi connectivity index (χ0) is 20.6. The van der Waals surface area contributed by atoms with E-state index >= 15 is 0 Å². The van der Waals surface area contributed by atoms with Crippen molar-refractivity contribution in [3.8, 4) is 11.5 Å². The lowest BCUT2D eigenvalue weighted by Gasteiger charge is -2.29. The first-order valence-corrected chi connectivity index (χ1v) is 9.22. The minimum Gasteiger partial charge on any atom is -0.497 e. The summed E-state index contributed by atoms with van der Waals surface area (Å²) in [7, 11) is 2.88. The number of rotatable bonds is 7. The van der Waals surface area contributed by atoms with Gasteiger partial charge in [-0.1, -0.05) is 0 Å². The Kier molecular flexibility index (Phi) is 6.91. The van der Waals surface area contributed by atoms with Gasteiger partial charge in [0.2, 0.25) is 0 Å². The van der Waals surface area contributed by atoms with Crippen molar-refractivity contribution in [2.75, 3.05) is 57.3 Å². The molecule has 1 amide bonds. The summed E-state index contributed by atoms with van der Waals surface area (Å²) in [4.78, 5) is 26.7. The molecule has 1 fully saturated rings. The third kappa shape index (κ3) is 5.39. The van der Waals surface area contributed by atoms with Crippen molar-refractivity contribution < 1.29 is 28.5 Å². The predicted octanol–water partition coefficient (Wildman–Crippen LogP) is 2.34. The van der Waals surface area contributed by atoms with E-state index in [0.29, 0.717) is 30.4 Å². The third-order valence-electron chi connectivity index (χ3n) is 4.49. The zero-order valence-electron chi connectivity index (χ0n) is 16.5. The number of esters is 1. The van der Waals surface area contributed by atoms with Crippen molar-refractivity contribution in [2.24, 2.45) is 0 Å². The van der Waals surface area contributed by atoms with Gasteiger partial charge in [0.15, 0.2) is 6.61 Å². The van der Waals surface area contributed by atoms with Crippen LogP contribution in [0.5, 0.6) is 11.5 Å². The van der Waals surface area contributed by atoms with E-state index in [0.717, 1.165) is 18.8 Å². The molecule has 1 aliphatic rings. The van der Waals surface area contributed by atoms with E-state index in [4.69, 9.17) is 18.9 Å². The van der Waals surface area contributed by atoms with Gasteiger partial charge in [0.05, 0.1) is 38.7 Å². The monoisotopic (exact) mass is 400 g/mol. The van der Waals surface area contributed by atoms with Gasteiger partial charge in [-0.3, -0.25) is 4.79 Å². The smallest absolute Gasteiger partial charge is 0.340 e. The number of carbonyl (C=O) groups excluding carboxylic acids is 2. The van der Waals surface area contributed by atoms with Crippen molar-refractivity contribution in [1.29, 1.82) is 0 Å². The molecule has 2 aromatic rings. The van der Waals surface area contributed by atoms with E-state index in [1.54, 1.807) is 43.5 Å². The maximum Gasteiger partial charge on any atom is 0.340 e. The largest absolute Gasteiger partial charge is 0.497 e. The molecule has 154 valence electrons. The van der Waals surface area contributed by atoms with Gasteiger partial charge in [0.25, 0.3) is 5.91 Å². The van der Waals surface area contributed by atoms with Crippen molar-refractivity contribution in [3.05, 3.63) is 48.0 Å². The summed E-state index contributed by atoms with van der Waals surface area (Å²) in [6.45, 7) is 2.55. The van der Waals surface area contributed by atoms with Crippen molar-refractivity contribution in [3.63, 3.8) is 0 Å². The van der Waals surface area contributed by atoms with E-state index in [1.165, 1.54) is 7.11 Å². The number of ether oxygens (including phenoxy) is 4. The minimum absolute atomic E-state index is 0.196. The summed E-state index contributed by atoms with van der Waals surface area (Å²) >= 11 is 0. The van der Waals surface area contributed by atoms with Crippen LogP contribution >= 0.6 is 0 Å². The van der Waals surface area contributed by atoms with Gasteiger partial charge in [-0.25, -0.2) is 4.79 Å². The average molecular weight is 400 g/mol. The Balaban J connectivity index is 1.67. The van der Waals surface area contributed by atoms with Crippen LogP contribution in [0.3, 0.4) is 0 Å². The SMILES string of the molecule is COC(=O)c1cc(N2CCOCC2)ccc1NC(=O)COc1ccc(OC)cc1. The van der Waals surface area contributed by atoms with Crippen LogP contribution in [0.2, 0.25) is 0 Å². The summed E-state index contributed by atoms with van der Waals surface area (Å²) in [5.74, 6) is 0.332. The average Bonchev–Trinajstić information content (AvgIpc) is 2.78. The number of anilines is 2. The Bertz CT molecular complexity index is 847. The molecule has 1 aliphatic heterocycles. The fraction of sp³-hybridized carbons (Fsp3) is 0.333. The lowest BCUT2D eigenvalue weighted by Crippen LogP contribution is -2.36. The minimum atomic E-state index is -0.522. The van der Waals surface area contributed by atoms with Gasteiger partial charge >= 0.3 is 5.97 Å². The molecule has 8 heteroatoms. The molecule has 0 spiro atoms. The Morgan fingerprint density at radius 3 is 2.38 bits per heavy atom. The van der Waals surface area contributed by atoms with Crippen molar-refractivity contribution in [1.82, 2.24) is 0 Å². The lowest BCUT2D eigenvalue weighted by atomic mass is 10.1. The molecule has 2 aromatic carbocycles. The van der Waals surface area contributed by atoms with Crippen LogP contribution in [0.1, 0.15) is 10.4 Å². The maximum atomic E-state index is 12.3. The van der Waals surface area contributed by atoms with Gasteiger partial charge in [-0.15, -0.1) is 0 Å². The van der Waals surface area contributed by atoms with Crippen LogP contribution in [0.15, 0.2) is 42.5 Å². The number of hydrogen-bond acceptors (Lipinski definition) is 7. The fourth-order valence-corrected chi connectivity index (χ4v) is 2.95. The number of methoxy groups -OCH3 is 2. The molecule has 1 heterocycles. The summed E-state index contributed by atoms with van der Waals surface area (Å²) in [5, 5.41) is 2.72. The first-order chi connectivity index (χ1) is 14.1. The second-order valence-electron chi connectivity index (χ2n) is 6.33. The number of benzene rings is 2. The number of carbonyl (C=O) groups is 2. The lowest BCUT2D eigenvalue weighted by molar-refractivity contribution is -0.118. The van der Waals surface area contributed by atoms with Crippen LogP contribution in [0.25, 0.3) is 0 Å². The molecule has 3 rings (SSSR count). The zero-order valence-corrected chi connectivity index (χ0v) is 16.5. The summed E-state index contributed by atoms with van der Waals surface area (Å²) in [5.41, 5.74) is 1.53. The van der Waals surface area contributed by atoms with E-state index < -0.39 is 5.97 Å². The normalized spacial score (nSPS) is 13.5. The number of amides is 1. The highest BCUT2D eigenvalue weighted by atomic mass is 16.5. The summed E-state index contributed by atoms with van der Waals surface area (Å²) in [6.07, 6.45) is 0. The first kappa shape index (κ1) is 20.5. The van der Waals surface area contributed by atoms with Gasteiger partial charge in [-0.05, 0) is 42.5 Å². The molecule has 0 bridgehead atoms. The standard InChI is InChI=1S/C21H24N2O6/c1-26-16-4-6-17(7-5-16)29-14-20(24)22-19-8-3-15(13-18(19)21(25)27-2)23-9-11-28-12-10-23/h3-8,13H,9-12,14H2,1-2H3,(H,22,24). The Hall–Kier alpha value is -3.26. The van der Waals surface area contributed by atoms with Crippen molar-refractivity contribution in [2.45, 2.75) is 0 Å². The molecule has 0 saturated carbocycles. The van der Waals surface area contributed by atoms with E-state index in [2.05, 4.69) is 10.2 Å². The first-order valence-electron chi connectivity index (χ1n) is 9.22. The van der Waals surface area contributed by atoms with Crippen LogP contribution < -0.4 is 19.7 Å². The molecule has 0 atom stereocenters. The van der Waals surface area contributed by atoms with Crippen LogP contribution in [0.4, 0.5) is 11.4 Å². The highest BCUT2D eigenvalue weighted by molar-refractivity contribution is 6.02. The van der Waals surface area contributed by atoms with Gasteiger partial charge in [0, 0.05) is 18.8 Å². The Morgan fingerprint density at radius 2 is 1.72 bits per heavy atom.